The van der Waals surface area contributed by atoms with Crippen LogP contribution in [0.4, 0.5) is 10.1 Å². The number of thioether (sulfide) groups is 1. The SMILES string of the molecule is N#Cc1cc(NC(=O)C2CC(C#N)C(Cl)S2)cn(CCF)c1=O. The molecule has 3 atom stereocenters. The van der Waals surface area contributed by atoms with E-state index in [1.165, 1.54) is 24.0 Å². The summed E-state index contributed by atoms with van der Waals surface area (Å²) in [4.78, 5) is 24.0. The molecule has 2 rings (SSSR count). The van der Waals surface area contributed by atoms with Crippen LogP contribution >= 0.6 is 23.4 Å². The van der Waals surface area contributed by atoms with Crippen LogP contribution in [0.5, 0.6) is 0 Å². The first-order chi connectivity index (χ1) is 11.0. The van der Waals surface area contributed by atoms with Gasteiger partial charge in [-0.2, -0.15) is 10.5 Å². The lowest BCUT2D eigenvalue weighted by atomic mass is 10.1. The standard InChI is InChI=1S/C14H12ClFN4O2S/c15-12-8(5-17)4-11(23-12)13(21)19-10-3-9(6-18)14(22)20(7-10)2-1-16/h3,7-8,11-12H,1-2,4H2,(H,19,21). The van der Waals surface area contributed by atoms with Crippen LogP contribution in [0.15, 0.2) is 17.1 Å². The molecule has 9 heteroatoms. The topological polar surface area (TPSA) is 98.7 Å². The Morgan fingerprint density at radius 3 is 2.87 bits per heavy atom. The van der Waals surface area contributed by atoms with Gasteiger partial charge in [-0.15, -0.1) is 23.4 Å². The maximum Gasteiger partial charge on any atom is 0.268 e. The number of rotatable bonds is 4. The first-order valence-corrected chi connectivity index (χ1v) is 8.08. The number of carbonyl (C=O) groups is 1. The molecular weight excluding hydrogens is 343 g/mol. The van der Waals surface area contributed by atoms with E-state index in [9.17, 15) is 14.0 Å². The van der Waals surface area contributed by atoms with E-state index in [0.717, 1.165) is 4.57 Å². The number of nitriles is 2. The van der Waals surface area contributed by atoms with Gasteiger partial charge in [0.15, 0.2) is 0 Å². The predicted octanol–water partition coefficient (Wildman–Crippen LogP) is 1.84. The molecule has 1 N–H and O–H groups in total. The van der Waals surface area contributed by atoms with Crippen molar-refractivity contribution in [3.8, 4) is 12.1 Å². The van der Waals surface area contributed by atoms with Crippen LogP contribution in [-0.2, 0) is 11.3 Å². The van der Waals surface area contributed by atoms with Crippen LogP contribution in [-0.4, -0.2) is 27.1 Å². The summed E-state index contributed by atoms with van der Waals surface area (Å²) in [5.74, 6) is -0.777. The number of amides is 1. The van der Waals surface area contributed by atoms with Gasteiger partial charge < -0.3 is 9.88 Å². The Kier molecular flexibility index (Phi) is 5.64. The monoisotopic (exact) mass is 354 g/mol. The molecule has 0 spiro atoms. The zero-order valence-corrected chi connectivity index (χ0v) is 13.4. The molecular formula is C14H12ClFN4O2S. The van der Waals surface area contributed by atoms with E-state index in [1.54, 1.807) is 6.07 Å². The Labute approximate surface area is 140 Å². The molecule has 0 saturated carbocycles. The second-order valence-electron chi connectivity index (χ2n) is 4.88. The van der Waals surface area contributed by atoms with Gasteiger partial charge >= 0.3 is 0 Å². The fourth-order valence-electron chi connectivity index (χ4n) is 2.19. The maximum absolute atomic E-state index is 12.5. The lowest BCUT2D eigenvalue weighted by molar-refractivity contribution is -0.115. The van der Waals surface area contributed by atoms with Crippen LogP contribution in [0, 0.1) is 28.6 Å². The highest BCUT2D eigenvalue weighted by Gasteiger charge is 2.37. The number of nitrogens with one attached hydrogen (secondary N) is 1. The number of pyridine rings is 1. The predicted molar refractivity (Wildman–Crippen MR) is 84.8 cm³/mol. The number of aryl methyl sites for hydroxylation is 1. The van der Waals surface area contributed by atoms with E-state index >= 15 is 0 Å². The van der Waals surface area contributed by atoms with Gasteiger partial charge in [-0.05, 0) is 12.5 Å². The minimum atomic E-state index is -0.765. The zero-order chi connectivity index (χ0) is 17.0. The highest BCUT2D eigenvalue weighted by Crippen LogP contribution is 2.40. The number of anilines is 1. The molecule has 23 heavy (non-hydrogen) atoms. The van der Waals surface area contributed by atoms with E-state index < -0.39 is 28.1 Å². The zero-order valence-electron chi connectivity index (χ0n) is 11.8. The van der Waals surface area contributed by atoms with Crippen molar-refractivity contribution in [1.82, 2.24) is 4.57 Å². The van der Waals surface area contributed by atoms with E-state index in [-0.39, 0.29) is 23.7 Å². The number of hydrogen-bond acceptors (Lipinski definition) is 5. The smallest absolute Gasteiger partial charge is 0.268 e. The van der Waals surface area contributed by atoms with Gasteiger partial charge in [0.1, 0.15) is 18.3 Å². The van der Waals surface area contributed by atoms with Crippen LogP contribution in [0.2, 0.25) is 0 Å². The average Bonchev–Trinajstić information content (AvgIpc) is 2.91. The van der Waals surface area contributed by atoms with Crippen molar-refractivity contribution in [3.63, 3.8) is 0 Å². The first-order valence-electron chi connectivity index (χ1n) is 6.70. The molecule has 2 heterocycles. The van der Waals surface area contributed by atoms with E-state index in [2.05, 4.69) is 11.4 Å². The molecule has 1 aromatic heterocycles. The molecule has 1 fully saturated rings. The molecule has 0 bridgehead atoms. The molecule has 3 unspecified atom stereocenters. The minimum absolute atomic E-state index is 0.180. The van der Waals surface area contributed by atoms with Crippen LogP contribution < -0.4 is 10.9 Å². The number of alkyl halides is 2. The Morgan fingerprint density at radius 1 is 1.57 bits per heavy atom. The Hall–Kier alpha value is -2.03. The third kappa shape index (κ3) is 3.84. The average molecular weight is 355 g/mol. The second kappa shape index (κ2) is 7.49. The summed E-state index contributed by atoms with van der Waals surface area (Å²) in [5, 5.41) is 20.0. The lowest BCUT2D eigenvalue weighted by Crippen LogP contribution is -2.27. The molecule has 1 amide bonds. The highest BCUT2D eigenvalue weighted by atomic mass is 35.5. The summed E-state index contributed by atoms with van der Waals surface area (Å²) >= 11 is 7.18. The van der Waals surface area contributed by atoms with Crippen molar-refractivity contribution >= 4 is 35.0 Å². The van der Waals surface area contributed by atoms with Crippen LogP contribution in [0.3, 0.4) is 0 Å². The van der Waals surface area contributed by atoms with Crippen molar-refractivity contribution in [3.05, 3.63) is 28.2 Å². The van der Waals surface area contributed by atoms with Gasteiger partial charge in [0.25, 0.3) is 5.56 Å². The number of carbonyl (C=O) groups excluding carboxylic acids is 1. The third-order valence-corrected chi connectivity index (χ3v) is 5.27. The fourth-order valence-corrected chi connectivity index (χ4v) is 3.90. The normalized spacial score (nSPS) is 23.0. The Bertz CT molecular complexity index is 755. The van der Waals surface area contributed by atoms with Crippen molar-refractivity contribution in [1.29, 1.82) is 10.5 Å². The number of hydrogen-bond donors (Lipinski definition) is 1. The van der Waals surface area contributed by atoms with Gasteiger partial charge in [0, 0.05) is 6.20 Å². The quantitative estimate of drug-likeness (QED) is 0.832. The van der Waals surface area contributed by atoms with Gasteiger partial charge in [-0.1, -0.05) is 0 Å². The number of nitrogens with zero attached hydrogens (tertiary/aromatic N) is 3. The fraction of sp³-hybridized carbons (Fsp3) is 0.429. The van der Waals surface area contributed by atoms with Crippen LogP contribution in [0.1, 0.15) is 12.0 Å². The van der Waals surface area contributed by atoms with Crippen molar-refractivity contribution in [2.45, 2.75) is 22.9 Å². The van der Waals surface area contributed by atoms with Crippen molar-refractivity contribution < 1.29 is 9.18 Å². The van der Waals surface area contributed by atoms with Gasteiger partial charge in [-0.3, -0.25) is 9.59 Å². The molecule has 1 aliphatic heterocycles. The summed E-state index contributed by atoms with van der Waals surface area (Å²) in [7, 11) is 0. The molecule has 120 valence electrons. The molecule has 0 aromatic carbocycles. The molecule has 6 nitrogen and oxygen atoms in total. The summed E-state index contributed by atoms with van der Waals surface area (Å²) in [5.41, 5.74) is -0.559. The minimum Gasteiger partial charge on any atom is -0.324 e. The van der Waals surface area contributed by atoms with Gasteiger partial charge in [-0.25, -0.2) is 4.39 Å². The highest BCUT2D eigenvalue weighted by molar-refractivity contribution is 8.02. The maximum atomic E-state index is 12.5. The van der Waals surface area contributed by atoms with Gasteiger partial charge in [0.05, 0.1) is 34.2 Å². The van der Waals surface area contributed by atoms with Crippen molar-refractivity contribution in [2.24, 2.45) is 5.92 Å². The summed E-state index contributed by atoms with van der Waals surface area (Å²) < 4.78 is 13.1. The Balaban J connectivity index is 2.19. The number of aromatic nitrogens is 1. The molecule has 0 radical (unpaired) electrons. The summed E-state index contributed by atoms with van der Waals surface area (Å²) in [6.45, 7) is -0.964. The van der Waals surface area contributed by atoms with Crippen molar-refractivity contribution in [2.75, 3.05) is 12.0 Å². The molecule has 1 aromatic rings. The Morgan fingerprint density at radius 2 is 2.30 bits per heavy atom. The first kappa shape index (κ1) is 17.3. The molecule has 1 aliphatic rings. The molecule has 0 aliphatic carbocycles. The second-order valence-corrected chi connectivity index (χ2v) is 6.96. The molecule has 1 saturated heterocycles. The van der Waals surface area contributed by atoms with Gasteiger partial charge in [0.2, 0.25) is 5.91 Å². The third-order valence-electron chi connectivity index (χ3n) is 3.34. The lowest BCUT2D eigenvalue weighted by Gasteiger charge is -2.12. The van der Waals surface area contributed by atoms with E-state index in [1.807, 2.05) is 0 Å². The van der Waals surface area contributed by atoms with E-state index in [4.69, 9.17) is 22.1 Å². The number of halogens is 2. The van der Waals surface area contributed by atoms with E-state index in [0.29, 0.717) is 6.42 Å². The summed E-state index contributed by atoms with van der Waals surface area (Å²) in [6, 6.07) is 5.02. The summed E-state index contributed by atoms with van der Waals surface area (Å²) in [6.07, 6.45) is 1.62. The van der Waals surface area contributed by atoms with Crippen LogP contribution in [0.25, 0.3) is 0 Å². The largest absolute Gasteiger partial charge is 0.324 e.